The zero-order valence-corrected chi connectivity index (χ0v) is 14.2. The first kappa shape index (κ1) is 17.2. The first-order valence-corrected chi connectivity index (χ1v) is 8.45. The largest absolute Gasteiger partial charge is 0.497 e. The highest BCUT2D eigenvalue weighted by Gasteiger charge is 1.97. The van der Waals surface area contributed by atoms with Gasteiger partial charge < -0.3 is 10.1 Å². The van der Waals surface area contributed by atoms with E-state index in [1.165, 1.54) is 10.5 Å². The lowest BCUT2D eigenvalue weighted by atomic mass is 10.2. The third-order valence-electron chi connectivity index (χ3n) is 3.23. The number of carbonyl (C=O) groups is 1. The lowest BCUT2D eigenvalue weighted by Crippen LogP contribution is -2.23. The van der Waals surface area contributed by atoms with Crippen LogP contribution in [0.4, 0.5) is 0 Å². The van der Waals surface area contributed by atoms with Crippen LogP contribution in [0.15, 0.2) is 59.5 Å². The third kappa shape index (κ3) is 6.20. The van der Waals surface area contributed by atoms with E-state index in [2.05, 4.69) is 36.5 Å². The summed E-state index contributed by atoms with van der Waals surface area (Å²) in [5.74, 6) is 1.58. The molecule has 1 amide bonds. The molecule has 0 aliphatic heterocycles. The van der Waals surface area contributed by atoms with Crippen LogP contribution in [0.25, 0.3) is 6.08 Å². The number of thioether (sulfide) groups is 1. The van der Waals surface area contributed by atoms with Crippen molar-refractivity contribution in [2.75, 3.05) is 19.4 Å². The molecule has 0 spiro atoms. The van der Waals surface area contributed by atoms with Gasteiger partial charge in [-0.05, 0) is 42.8 Å². The van der Waals surface area contributed by atoms with Crippen LogP contribution in [0.1, 0.15) is 11.1 Å². The number of hydrogen-bond donors (Lipinski definition) is 1. The second-order valence-electron chi connectivity index (χ2n) is 5.06. The van der Waals surface area contributed by atoms with Gasteiger partial charge in [0.15, 0.2) is 0 Å². The summed E-state index contributed by atoms with van der Waals surface area (Å²) in [6, 6.07) is 16.0. The molecule has 3 nitrogen and oxygen atoms in total. The van der Waals surface area contributed by atoms with Gasteiger partial charge in [-0.15, -0.1) is 11.8 Å². The van der Waals surface area contributed by atoms with E-state index in [9.17, 15) is 4.79 Å². The molecule has 2 aromatic carbocycles. The highest BCUT2D eigenvalue weighted by atomic mass is 32.2. The summed E-state index contributed by atoms with van der Waals surface area (Å²) < 4.78 is 5.10. The van der Waals surface area contributed by atoms with Crippen LogP contribution in [0.3, 0.4) is 0 Å². The van der Waals surface area contributed by atoms with Crippen LogP contribution >= 0.6 is 11.8 Å². The number of nitrogens with one attached hydrogen (secondary N) is 1. The van der Waals surface area contributed by atoms with Gasteiger partial charge >= 0.3 is 0 Å². The number of carbonyl (C=O) groups excluding carboxylic acids is 1. The number of ether oxygens (including phenoxy) is 1. The molecule has 4 heteroatoms. The van der Waals surface area contributed by atoms with E-state index in [0.29, 0.717) is 6.54 Å². The lowest BCUT2D eigenvalue weighted by Gasteiger charge is -2.03. The number of amides is 1. The molecule has 0 aromatic heterocycles. The molecule has 0 bridgehead atoms. The summed E-state index contributed by atoms with van der Waals surface area (Å²) in [5.41, 5.74) is 2.22. The number of benzene rings is 2. The fraction of sp³-hybridized carbons (Fsp3) is 0.211. The van der Waals surface area contributed by atoms with E-state index in [1.807, 2.05) is 24.3 Å². The van der Waals surface area contributed by atoms with Crippen molar-refractivity contribution >= 4 is 23.7 Å². The van der Waals surface area contributed by atoms with Gasteiger partial charge in [-0.2, -0.15) is 0 Å². The SMILES string of the molecule is COc1ccc(/C=C/C(=O)NCCSc2ccc(C)cc2)cc1. The molecular weight excluding hydrogens is 306 g/mol. The molecule has 0 saturated heterocycles. The molecule has 2 rings (SSSR count). The van der Waals surface area contributed by atoms with Crippen LogP contribution < -0.4 is 10.1 Å². The van der Waals surface area contributed by atoms with E-state index < -0.39 is 0 Å². The quantitative estimate of drug-likeness (QED) is 0.476. The highest BCUT2D eigenvalue weighted by Crippen LogP contribution is 2.17. The Balaban J connectivity index is 1.69. The average molecular weight is 327 g/mol. The normalized spacial score (nSPS) is 10.7. The zero-order chi connectivity index (χ0) is 16.5. The van der Waals surface area contributed by atoms with Crippen molar-refractivity contribution in [3.05, 3.63) is 65.7 Å². The smallest absolute Gasteiger partial charge is 0.244 e. The molecule has 0 heterocycles. The van der Waals surface area contributed by atoms with Crippen LogP contribution in [-0.2, 0) is 4.79 Å². The van der Waals surface area contributed by atoms with Crippen LogP contribution in [0, 0.1) is 6.92 Å². The molecule has 2 aromatic rings. The standard InChI is InChI=1S/C19H21NO2S/c1-15-3-10-18(11-4-15)23-14-13-20-19(21)12-7-16-5-8-17(22-2)9-6-16/h3-12H,13-14H2,1-2H3,(H,20,21)/b12-7+. The molecular formula is C19H21NO2S. The molecule has 120 valence electrons. The van der Waals surface area contributed by atoms with Gasteiger partial charge in [0.1, 0.15) is 5.75 Å². The third-order valence-corrected chi connectivity index (χ3v) is 4.25. The fourth-order valence-electron chi connectivity index (χ4n) is 1.92. The zero-order valence-electron chi connectivity index (χ0n) is 13.4. The monoisotopic (exact) mass is 327 g/mol. The molecule has 0 fully saturated rings. The Morgan fingerprint density at radius 2 is 1.83 bits per heavy atom. The van der Waals surface area contributed by atoms with Crippen molar-refractivity contribution in [3.8, 4) is 5.75 Å². The Morgan fingerprint density at radius 1 is 1.13 bits per heavy atom. The highest BCUT2D eigenvalue weighted by molar-refractivity contribution is 7.99. The van der Waals surface area contributed by atoms with Gasteiger partial charge in [-0.25, -0.2) is 0 Å². The molecule has 23 heavy (non-hydrogen) atoms. The number of hydrogen-bond acceptors (Lipinski definition) is 3. The van der Waals surface area contributed by atoms with Crippen molar-refractivity contribution < 1.29 is 9.53 Å². The minimum absolute atomic E-state index is 0.0784. The molecule has 1 N–H and O–H groups in total. The lowest BCUT2D eigenvalue weighted by molar-refractivity contribution is -0.116. The van der Waals surface area contributed by atoms with Crippen molar-refractivity contribution in [2.45, 2.75) is 11.8 Å². The second kappa shape index (κ2) is 9.06. The predicted molar refractivity (Wildman–Crippen MR) is 96.9 cm³/mol. The van der Waals surface area contributed by atoms with Crippen molar-refractivity contribution in [1.29, 1.82) is 0 Å². The molecule has 0 aliphatic rings. The Labute approximate surface area is 141 Å². The van der Waals surface area contributed by atoms with E-state index in [1.54, 1.807) is 31.0 Å². The Kier molecular flexibility index (Phi) is 6.76. The second-order valence-corrected chi connectivity index (χ2v) is 6.23. The van der Waals surface area contributed by atoms with Crippen molar-refractivity contribution in [1.82, 2.24) is 5.32 Å². The fourth-order valence-corrected chi connectivity index (χ4v) is 2.69. The molecule has 0 aliphatic carbocycles. The van der Waals surface area contributed by atoms with Crippen LogP contribution in [-0.4, -0.2) is 25.3 Å². The van der Waals surface area contributed by atoms with E-state index in [-0.39, 0.29) is 5.91 Å². The summed E-state index contributed by atoms with van der Waals surface area (Å²) in [6.45, 7) is 2.72. The summed E-state index contributed by atoms with van der Waals surface area (Å²) in [5, 5.41) is 2.89. The summed E-state index contributed by atoms with van der Waals surface area (Å²) in [7, 11) is 1.63. The minimum atomic E-state index is -0.0784. The van der Waals surface area contributed by atoms with E-state index in [0.717, 1.165) is 17.1 Å². The van der Waals surface area contributed by atoms with Gasteiger partial charge in [-0.1, -0.05) is 29.8 Å². The first-order valence-electron chi connectivity index (χ1n) is 7.47. The van der Waals surface area contributed by atoms with Gasteiger partial charge in [0.2, 0.25) is 5.91 Å². The summed E-state index contributed by atoms with van der Waals surface area (Å²) >= 11 is 1.74. The molecule has 0 radical (unpaired) electrons. The van der Waals surface area contributed by atoms with Gasteiger partial charge in [0, 0.05) is 23.3 Å². The Morgan fingerprint density at radius 3 is 2.48 bits per heavy atom. The maximum atomic E-state index is 11.8. The van der Waals surface area contributed by atoms with Crippen molar-refractivity contribution in [2.24, 2.45) is 0 Å². The van der Waals surface area contributed by atoms with Crippen LogP contribution in [0.2, 0.25) is 0 Å². The van der Waals surface area contributed by atoms with Crippen molar-refractivity contribution in [3.63, 3.8) is 0 Å². The first-order chi connectivity index (χ1) is 11.2. The maximum Gasteiger partial charge on any atom is 0.244 e. The number of rotatable bonds is 7. The van der Waals surface area contributed by atoms with Gasteiger partial charge in [-0.3, -0.25) is 4.79 Å². The van der Waals surface area contributed by atoms with E-state index in [4.69, 9.17) is 4.74 Å². The Hall–Kier alpha value is -2.20. The van der Waals surface area contributed by atoms with Gasteiger partial charge in [0.25, 0.3) is 0 Å². The van der Waals surface area contributed by atoms with Crippen LogP contribution in [0.5, 0.6) is 5.75 Å². The maximum absolute atomic E-state index is 11.8. The minimum Gasteiger partial charge on any atom is -0.497 e. The predicted octanol–water partition coefficient (Wildman–Crippen LogP) is 3.93. The van der Waals surface area contributed by atoms with Gasteiger partial charge in [0.05, 0.1) is 7.11 Å². The number of methoxy groups -OCH3 is 1. The molecule has 0 atom stereocenters. The number of aryl methyl sites for hydroxylation is 1. The molecule has 0 unspecified atom stereocenters. The Bertz CT molecular complexity index is 648. The average Bonchev–Trinajstić information content (AvgIpc) is 2.59. The molecule has 0 saturated carbocycles. The summed E-state index contributed by atoms with van der Waals surface area (Å²) in [4.78, 5) is 13.0. The summed E-state index contributed by atoms with van der Waals surface area (Å²) in [6.07, 6.45) is 3.35. The van der Waals surface area contributed by atoms with E-state index >= 15 is 0 Å². The topological polar surface area (TPSA) is 38.3 Å².